The van der Waals surface area contributed by atoms with Crippen LogP contribution in [0.3, 0.4) is 0 Å². The molecule has 3 heteroatoms. The third-order valence-corrected chi connectivity index (χ3v) is 2.21. The molecule has 72 valence electrons. The molecule has 0 bridgehead atoms. The van der Waals surface area contributed by atoms with Crippen LogP contribution in [0.15, 0.2) is 12.1 Å². The molecule has 0 heterocycles. The molecule has 0 fully saturated rings. The number of hydrogen-bond donors (Lipinski definition) is 2. The summed E-state index contributed by atoms with van der Waals surface area (Å²) in [5.74, 6) is 5.26. The van der Waals surface area contributed by atoms with E-state index in [0.29, 0.717) is 12.4 Å². The molecule has 0 aliphatic carbocycles. The van der Waals surface area contributed by atoms with E-state index in [1.807, 2.05) is 19.9 Å². The maximum atomic E-state index is 9.51. The number of phenolic OH excluding ortho intramolecular Hbond substituents is 1. The van der Waals surface area contributed by atoms with Crippen LogP contribution in [0.2, 0.25) is 0 Å². The highest BCUT2D eigenvalue weighted by Crippen LogP contribution is 2.22. The summed E-state index contributed by atoms with van der Waals surface area (Å²) in [7, 11) is 0. The minimum absolute atomic E-state index is 0.340. The van der Waals surface area contributed by atoms with Crippen LogP contribution in [0, 0.1) is 13.8 Å². The Balaban J connectivity index is 2.86. The second-order valence-corrected chi connectivity index (χ2v) is 3.18. The van der Waals surface area contributed by atoms with E-state index in [0.717, 1.165) is 23.1 Å². The summed E-state index contributed by atoms with van der Waals surface area (Å²) < 4.78 is 0. The first kappa shape index (κ1) is 10.0. The minimum Gasteiger partial charge on any atom is -0.508 e. The molecular weight excluding hydrogens is 166 g/mol. The molecule has 1 aromatic carbocycles. The fourth-order valence-electron chi connectivity index (χ4n) is 1.24. The average molecular weight is 181 g/mol. The molecule has 0 aliphatic rings. The van der Waals surface area contributed by atoms with Crippen molar-refractivity contribution in [3.05, 3.63) is 28.8 Å². The van der Waals surface area contributed by atoms with Gasteiger partial charge in [0.1, 0.15) is 5.75 Å². The van der Waals surface area contributed by atoms with Crippen molar-refractivity contribution < 1.29 is 9.94 Å². The van der Waals surface area contributed by atoms with Gasteiger partial charge in [0.15, 0.2) is 0 Å². The van der Waals surface area contributed by atoms with Crippen molar-refractivity contribution in [3.63, 3.8) is 0 Å². The molecule has 0 saturated carbocycles. The fourth-order valence-corrected chi connectivity index (χ4v) is 1.24. The predicted molar refractivity (Wildman–Crippen MR) is 51.4 cm³/mol. The Morgan fingerprint density at radius 2 is 2.08 bits per heavy atom. The lowest BCUT2D eigenvalue weighted by molar-refractivity contribution is 0.141. The van der Waals surface area contributed by atoms with Gasteiger partial charge in [-0.1, -0.05) is 6.07 Å². The van der Waals surface area contributed by atoms with E-state index in [1.54, 1.807) is 6.07 Å². The summed E-state index contributed by atoms with van der Waals surface area (Å²) in [4.78, 5) is 4.47. The molecular formula is C10H15NO2. The van der Waals surface area contributed by atoms with Crippen molar-refractivity contribution in [2.45, 2.75) is 20.3 Å². The number of benzene rings is 1. The van der Waals surface area contributed by atoms with E-state index in [1.165, 1.54) is 0 Å². The highest BCUT2D eigenvalue weighted by molar-refractivity contribution is 5.41. The lowest BCUT2D eigenvalue weighted by Gasteiger charge is -2.07. The van der Waals surface area contributed by atoms with Gasteiger partial charge in [-0.05, 0) is 43.0 Å². The molecule has 0 unspecified atom stereocenters. The predicted octanol–water partition coefficient (Wildman–Crippen LogP) is 1.44. The molecule has 1 aromatic rings. The van der Waals surface area contributed by atoms with Gasteiger partial charge in [-0.25, -0.2) is 5.90 Å². The molecule has 0 amide bonds. The van der Waals surface area contributed by atoms with Crippen molar-refractivity contribution in [1.29, 1.82) is 0 Å². The summed E-state index contributed by atoms with van der Waals surface area (Å²) in [6.45, 7) is 4.34. The Labute approximate surface area is 78.1 Å². The van der Waals surface area contributed by atoms with Gasteiger partial charge < -0.3 is 9.94 Å². The van der Waals surface area contributed by atoms with Gasteiger partial charge in [0.2, 0.25) is 0 Å². The number of rotatable bonds is 3. The number of nitrogens with two attached hydrogens (primary N) is 1. The molecule has 13 heavy (non-hydrogen) atoms. The van der Waals surface area contributed by atoms with Crippen molar-refractivity contribution >= 4 is 0 Å². The topological polar surface area (TPSA) is 55.5 Å². The maximum Gasteiger partial charge on any atom is 0.119 e. The standard InChI is InChI=1S/C10H15NO2/c1-7-5-9(3-4-13-11)6-10(12)8(7)2/h5-6,12H,3-4,11H2,1-2H3. The van der Waals surface area contributed by atoms with E-state index in [2.05, 4.69) is 4.84 Å². The zero-order chi connectivity index (χ0) is 9.84. The number of aryl methyl sites for hydroxylation is 1. The van der Waals surface area contributed by atoms with Crippen molar-refractivity contribution in [2.75, 3.05) is 6.61 Å². The van der Waals surface area contributed by atoms with E-state index >= 15 is 0 Å². The summed E-state index contributed by atoms with van der Waals surface area (Å²) >= 11 is 0. The Morgan fingerprint density at radius 1 is 1.38 bits per heavy atom. The zero-order valence-electron chi connectivity index (χ0n) is 8.00. The molecule has 0 saturated heterocycles. The van der Waals surface area contributed by atoms with Crippen molar-refractivity contribution in [1.82, 2.24) is 0 Å². The Kier molecular flexibility index (Phi) is 3.28. The Morgan fingerprint density at radius 3 is 2.62 bits per heavy atom. The summed E-state index contributed by atoms with van der Waals surface area (Å²) in [6.07, 6.45) is 0.727. The van der Waals surface area contributed by atoms with Crippen LogP contribution in [-0.2, 0) is 11.3 Å². The van der Waals surface area contributed by atoms with Crippen LogP contribution in [0.5, 0.6) is 5.75 Å². The van der Waals surface area contributed by atoms with Gasteiger partial charge in [-0.15, -0.1) is 0 Å². The first-order valence-corrected chi connectivity index (χ1v) is 4.26. The summed E-state index contributed by atoms with van der Waals surface area (Å²) in [6, 6.07) is 3.79. The number of phenols is 1. The van der Waals surface area contributed by atoms with Gasteiger partial charge >= 0.3 is 0 Å². The van der Waals surface area contributed by atoms with Crippen LogP contribution in [0.1, 0.15) is 16.7 Å². The number of hydrogen-bond acceptors (Lipinski definition) is 3. The van der Waals surface area contributed by atoms with E-state index in [-0.39, 0.29) is 0 Å². The molecule has 3 nitrogen and oxygen atoms in total. The second kappa shape index (κ2) is 4.25. The third-order valence-electron chi connectivity index (χ3n) is 2.21. The molecule has 0 spiro atoms. The molecule has 3 N–H and O–H groups in total. The van der Waals surface area contributed by atoms with Gasteiger partial charge in [0.25, 0.3) is 0 Å². The lowest BCUT2D eigenvalue weighted by Crippen LogP contribution is -2.03. The highest BCUT2D eigenvalue weighted by atomic mass is 16.6. The van der Waals surface area contributed by atoms with E-state index in [4.69, 9.17) is 5.90 Å². The quantitative estimate of drug-likeness (QED) is 0.694. The van der Waals surface area contributed by atoms with Gasteiger partial charge in [-0.3, -0.25) is 0 Å². The first-order valence-electron chi connectivity index (χ1n) is 4.26. The van der Waals surface area contributed by atoms with Crippen LogP contribution < -0.4 is 5.90 Å². The molecule has 0 aromatic heterocycles. The zero-order valence-corrected chi connectivity index (χ0v) is 8.00. The third kappa shape index (κ3) is 2.44. The summed E-state index contributed by atoms with van der Waals surface area (Å²) in [5.41, 5.74) is 3.07. The van der Waals surface area contributed by atoms with Crippen LogP contribution in [-0.4, -0.2) is 11.7 Å². The van der Waals surface area contributed by atoms with Crippen LogP contribution >= 0.6 is 0 Å². The monoisotopic (exact) mass is 181 g/mol. The van der Waals surface area contributed by atoms with E-state index in [9.17, 15) is 5.11 Å². The Bertz CT molecular complexity index is 274. The van der Waals surface area contributed by atoms with Crippen molar-refractivity contribution in [2.24, 2.45) is 5.90 Å². The normalized spacial score (nSPS) is 10.4. The van der Waals surface area contributed by atoms with Crippen LogP contribution in [0.25, 0.3) is 0 Å². The minimum atomic E-state index is 0.340. The fraction of sp³-hybridized carbons (Fsp3) is 0.400. The highest BCUT2D eigenvalue weighted by Gasteiger charge is 2.02. The summed E-state index contributed by atoms with van der Waals surface area (Å²) in [5, 5.41) is 9.51. The average Bonchev–Trinajstić information content (AvgIpc) is 2.10. The molecule has 0 radical (unpaired) electrons. The number of aromatic hydroxyl groups is 1. The molecule has 0 aliphatic heterocycles. The maximum absolute atomic E-state index is 9.51. The van der Waals surface area contributed by atoms with Crippen LogP contribution in [0.4, 0.5) is 0 Å². The largest absolute Gasteiger partial charge is 0.508 e. The lowest BCUT2D eigenvalue weighted by atomic mass is 10.0. The SMILES string of the molecule is Cc1cc(CCON)cc(O)c1C. The smallest absolute Gasteiger partial charge is 0.119 e. The first-order chi connectivity index (χ1) is 6.15. The van der Waals surface area contributed by atoms with Gasteiger partial charge in [0.05, 0.1) is 6.61 Å². The van der Waals surface area contributed by atoms with Gasteiger partial charge in [0, 0.05) is 0 Å². The second-order valence-electron chi connectivity index (χ2n) is 3.18. The van der Waals surface area contributed by atoms with Crippen molar-refractivity contribution in [3.8, 4) is 5.75 Å². The van der Waals surface area contributed by atoms with Gasteiger partial charge in [-0.2, -0.15) is 0 Å². The molecule has 0 atom stereocenters. The Hall–Kier alpha value is -1.06. The molecule has 1 rings (SSSR count). The van der Waals surface area contributed by atoms with E-state index < -0.39 is 0 Å².